The Balaban J connectivity index is 1.67. The second-order valence-corrected chi connectivity index (χ2v) is 5.42. The van der Waals surface area contributed by atoms with Gasteiger partial charge in [0.25, 0.3) is 0 Å². The van der Waals surface area contributed by atoms with Crippen molar-refractivity contribution >= 4 is 5.82 Å². The molecule has 0 bridgehead atoms. The van der Waals surface area contributed by atoms with Crippen molar-refractivity contribution < 1.29 is 13.9 Å². The number of rotatable bonds is 5. The standard InChI is InChI=1S/C17H16FN3O2/c1-17(22,15-3-2-10-23-15)11-19-16-9-8-14(20-21-16)12-4-6-13(18)7-5-12/h2-10,22H,11H2,1H3,(H,19,21). The number of aliphatic hydroxyl groups is 1. The average molecular weight is 313 g/mol. The van der Waals surface area contributed by atoms with Crippen LogP contribution in [0, 0.1) is 5.82 Å². The molecule has 118 valence electrons. The molecule has 0 saturated heterocycles. The third kappa shape index (κ3) is 3.54. The Hall–Kier alpha value is -2.73. The molecule has 2 aromatic heterocycles. The largest absolute Gasteiger partial charge is 0.466 e. The molecule has 6 heteroatoms. The maximum absolute atomic E-state index is 12.9. The second-order valence-electron chi connectivity index (χ2n) is 5.42. The van der Waals surface area contributed by atoms with Crippen molar-refractivity contribution in [2.45, 2.75) is 12.5 Å². The topological polar surface area (TPSA) is 71.2 Å². The Kier molecular flexibility index (Phi) is 4.08. The van der Waals surface area contributed by atoms with Gasteiger partial charge in [-0.1, -0.05) is 0 Å². The molecule has 3 aromatic rings. The number of hydrogen-bond donors (Lipinski definition) is 2. The van der Waals surface area contributed by atoms with Crippen LogP contribution in [0.3, 0.4) is 0 Å². The van der Waals surface area contributed by atoms with Crippen LogP contribution >= 0.6 is 0 Å². The molecule has 5 nitrogen and oxygen atoms in total. The summed E-state index contributed by atoms with van der Waals surface area (Å²) >= 11 is 0. The molecular weight excluding hydrogens is 297 g/mol. The summed E-state index contributed by atoms with van der Waals surface area (Å²) in [5.74, 6) is 0.712. The van der Waals surface area contributed by atoms with E-state index in [0.717, 1.165) is 5.56 Å². The Morgan fingerprint density at radius 3 is 2.52 bits per heavy atom. The minimum Gasteiger partial charge on any atom is -0.466 e. The molecule has 0 spiro atoms. The molecule has 0 aliphatic carbocycles. The van der Waals surface area contributed by atoms with Crippen molar-refractivity contribution in [2.24, 2.45) is 0 Å². The fraction of sp³-hybridized carbons (Fsp3) is 0.176. The molecule has 0 radical (unpaired) electrons. The van der Waals surface area contributed by atoms with Crippen LogP contribution in [0.15, 0.2) is 59.2 Å². The van der Waals surface area contributed by atoms with Gasteiger partial charge in [0.15, 0.2) is 0 Å². The summed E-state index contributed by atoms with van der Waals surface area (Å²) in [6.07, 6.45) is 1.51. The van der Waals surface area contributed by atoms with Gasteiger partial charge in [-0.15, -0.1) is 10.2 Å². The Morgan fingerprint density at radius 1 is 1.13 bits per heavy atom. The molecule has 0 amide bonds. The number of aromatic nitrogens is 2. The summed E-state index contributed by atoms with van der Waals surface area (Å²) in [7, 11) is 0. The highest BCUT2D eigenvalue weighted by Crippen LogP contribution is 2.22. The van der Waals surface area contributed by atoms with Crippen molar-refractivity contribution in [2.75, 3.05) is 11.9 Å². The highest BCUT2D eigenvalue weighted by molar-refractivity contribution is 5.59. The molecular formula is C17H16FN3O2. The van der Waals surface area contributed by atoms with E-state index < -0.39 is 5.60 Å². The van der Waals surface area contributed by atoms with Crippen molar-refractivity contribution in [1.82, 2.24) is 10.2 Å². The zero-order valence-electron chi connectivity index (χ0n) is 12.5. The van der Waals surface area contributed by atoms with E-state index in [4.69, 9.17) is 4.42 Å². The summed E-state index contributed by atoms with van der Waals surface area (Å²) in [5, 5.41) is 21.5. The van der Waals surface area contributed by atoms with E-state index in [1.807, 2.05) is 0 Å². The average Bonchev–Trinajstić information content (AvgIpc) is 3.10. The summed E-state index contributed by atoms with van der Waals surface area (Å²) in [6.45, 7) is 1.88. The fourth-order valence-corrected chi connectivity index (χ4v) is 2.14. The predicted octanol–water partition coefficient (Wildman–Crippen LogP) is 3.20. The first-order valence-electron chi connectivity index (χ1n) is 7.14. The van der Waals surface area contributed by atoms with Gasteiger partial charge in [-0.05, 0) is 55.5 Å². The molecule has 1 atom stereocenters. The van der Waals surface area contributed by atoms with E-state index in [0.29, 0.717) is 17.3 Å². The van der Waals surface area contributed by atoms with Gasteiger partial charge in [-0.25, -0.2) is 4.39 Å². The minimum atomic E-state index is -1.15. The maximum Gasteiger partial charge on any atom is 0.148 e. The predicted molar refractivity (Wildman–Crippen MR) is 84.2 cm³/mol. The lowest BCUT2D eigenvalue weighted by Gasteiger charge is -2.21. The van der Waals surface area contributed by atoms with Crippen LogP contribution in [-0.2, 0) is 5.60 Å². The van der Waals surface area contributed by atoms with Crippen LogP contribution in [0.1, 0.15) is 12.7 Å². The molecule has 0 aliphatic rings. The highest BCUT2D eigenvalue weighted by Gasteiger charge is 2.26. The number of anilines is 1. The summed E-state index contributed by atoms with van der Waals surface area (Å²) < 4.78 is 18.1. The SMILES string of the molecule is CC(O)(CNc1ccc(-c2ccc(F)cc2)nn1)c1ccco1. The minimum absolute atomic E-state index is 0.227. The van der Waals surface area contributed by atoms with E-state index in [9.17, 15) is 9.50 Å². The van der Waals surface area contributed by atoms with Gasteiger partial charge in [0, 0.05) is 5.56 Å². The molecule has 3 rings (SSSR count). The van der Waals surface area contributed by atoms with Crippen molar-refractivity contribution in [3.05, 3.63) is 66.4 Å². The van der Waals surface area contributed by atoms with Gasteiger partial charge in [0.2, 0.25) is 0 Å². The first-order chi connectivity index (χ1) is 11.0. The molecule has 0 saturated carbocycles. The number of benzene rings is 1. The number of nitrogens with one attached hydrogen (secondary N) is 1. The van der Waals surface area contributed by atoms with Gasteiger partial charge < -0.3 is 14.8 Å². The zero-order valence-corrected chi connectivity index (χ0v) is 12.5. The zero-order chi connectivity index (χ0) is 16.3. The monoisotopic (exact) mass is 313 g/mol. The summed E-state index contributed by atoms with van der Waals surface area (Å²) in [6, 6.07) is 13.0. The summed E-state index contributed by atoms with van der Waals surface area (Å²) in [4.78, 5) is 0. The Morgan fingerprint density at radius 2 is 1.91 bits per heavy atom. The van der Waals surface area contributed by atoms with Gasteiger partial charge in [0.1, 0.15) is 23.0 Å². The smallest absolute Gasteiger partial charge is 0.148 e. The lowest BCUT2D eigenvalue weighted by molar-refractivity contribution is 0.0475. The third-order valence-corrected chi connectivity index (χ3v) is 3.47. The van der Waals surface area contributed by atoms with E-state index in [-0.39, 0.29) is 12.4 Å². The molecule has 2 N–H and O–H groups in total. The van der Waals surface area contributed by atoms with Crippen molar-refractivity contribution in [3.8, 4) is 11.3 Å². The van der Waals surface area contributed by atoms with E-state index in [1.165, 1.54) is 18.4 Å². The van der Waals surface area contributed by atoms with Crippen LogP contribution in [0.25, 0.3) is 11.3 Å². The number of hydrogen-bond acceptors (Lipinski definition) is 5. The highest BCUT2D eigenvalue weighted by atomic mass is 19.1. The Labute approximate surface area is 132 Å². The number of furan rings is 1. The van der Waals surface area contributed by atoms with Gasteiger partial charge in [-0.3, -0.25) is 0 Å². The lowest BCUT2D eigenvalue weighted by atomic mass is 10.0. The van der Waals surface area contributed by atoms with Gasteiger partial charge in [-0.2, -0.15) is 0 Å². The van der Waals surface area contributed by atoms with E-state index >= 15 is 0 Å². The van der Waals surface area contributed by atoms with Crippen LogP contribution in [0.2, 0.25) is 0 Å². The second kappa shape index (κ2) is 6.18. The lowest BCUT2D eigenvalue weighted by Crippen LogP contribution is -2.30. The van der Waals surface area contributed by atoms with E-state index in [1.54, 1.807) is 43.3 Å². The first kappa shape index (κ1) is 15.2. The van der Waals surface area contributed by atoms with Crippen LogP contribution < -0.4 is 5.32 Å². The molecule has 2 heterocycles. The molecule has 0 aliphatic heterocycles. The fourth-order valence-electron chi connectivity index (χ4n) is 2.14. The molecule has 1 unspecified atom stereocenters. The maximum atomic E-state index is 12.9. The van der Waals surface area contributed by atoms with Crippen LogP contribution in [0.5, 0.6) is 0 Å². The number of nitrogens with zero attached hydrogens (tertiary/aromatic N) is 2. The molecule has 1 aromatic carbocycles. The van der Waals surface area contributed by atoms with E-state index in [2.05, 4.69) is 15.5 Å². The quantitative estimate of drug-likeness (QED) is 0.757. The third-order valence-electron chi connectivity index (χ3n) is 3.47. The van der Waals surface area contributed by atoms with Crippen LogP contribution in [-0.4, -0.2) is 21.8 Å². The number of halogens is 1. The van der Waals surface area contributed by atoms with Gasteiger partial charge in [0.05, 0.1) is 18.5 Å². The Bertz CT molecular complexity index is 754. The van der Waals surface area contributed by atoms with Crippen molar-refractivity contribution in [3.63, 3.8) is 0 Å². The summed E-state index contributed by atoms with van der Waals surface area (Å²) in [5.41, 5.74) is 0.280. The molecule has 0 fully saturated rings. The first-order valence-corrected chi connectivity index (χ1v) is 7.14. The normalized spacial score (nSPS) is 13.5. The van der Waals surface area contributed by atoms with Gasteiger partial charge >= 0.3 is 0 Å². The molecule has 23 heavy (non-hydrogen) atoms. The van der Waals surface area contributed by atoms with Crippen molar-refractivity contribution in [1.29, 1.82) is 0 Å². The van der Waals surface area contributed by atoms with Crippen LogP contribution in [0.4, 0.5) is 10.2 Å².